The molecule has 0 radical (unpaired) electrons. The smallest absolute Gasteiger partial charge is 0.193 e. The fourth-order valence-electron chi connectivity index (χ4n) is 3.85. The number of nitrogens with zero attached hydrogens (tertiary/aromatic N) is 3. The maximum Gasteiger partial charge on any atom is 0.193 e. The molecule has 0 unspecified atom stereocenters. The van der Waals surface area contributed by atoms with Crippen molar-refractivity contribution in [2.24, 2.45) is 4.99 Å². The van der Waals surface area contributed by atoms with E-state index in [1.54, 1.807) is 7.11 Å². The van der Waals surface area contributed by atoms with Crippen LogP contribution in [0.4, 0.5) is 5.69 Å². The largest absolute Gasteiger partial charge is 0.495 e. The molecule has 1 saturated heterocycles. The predicted molar refractivity (Wildman–Crippen MR) is 128 cm³/mol. The van der Waals surface area contributed by atoms with Crippen molar-refractivity contribution in [1.82, 2.24) is 10.2 Å². The maximum atomic E-state index is 5.78. The highest BCUT2D eigenvalue weighted by atomic mass is 16.5. The molecular weight excluding hydrogens is 388 g/mol. The van der Waals surface area contributed by atoms with Crippen LogP contribution in [0.3, 0.4) is 0 Å². The Morgan fingerprint density at radius 2 is 1.68 bits per heavy atom. The molecule has 168 valence electrons. The molecule has 0 atom stereocenters. The molecule has 2 aromatic rings. The van der Waals surface area contributed by atoms with E-state index in [2.05, 4.69) is 56.5 Å². The zero-order chi connectivity index (χ0) is 21.7. The van der Waals surface area contributed by atoms with E-state index >= 15 is 0 Å². The first kappa shape index (κ1) is 22.9. The van der Waals surface area contributed by atoms with Crippen molar-refractivity contribution in [3.63, 3.8) is 0 Å². The minimum absolute atomic E-state index is 0.787. The van der Waals surface area contributed by atoms with Crippen LogP contribution in [0.2, 0.25) is 0 Å². The van der Waals surface area contributed by atoms with Crippen LogP contribution in [0.5, 0.6) is 5.75 Å². The number of guanidine groups is 1. The number of aliphatic imine (C=N–C) groups is 1. The Balaban J connectivity index is 1.29. The topological polar surface area (TPSA) is 49.3 Å². The Morgan fingerprint density at radius 3 is 2.42 bits per heavy atom. The van der Waals surface area contributed by atoms with Gasteiger partial charge in [-0.3, -0.25) is 4.99 Å². The summed E-state index contributed by atoms with van der Waals surface area (Å²) in [5.74, 6) is 1.93. The van der Waals surface area contributed by atoms with Crippen LogP contribution in [-0.4, -0.2) is 71.0 Å². The first-order valence-electron chi connectivity index (χ1n) is 11.3. The molecule has 1 fully saturated rings. The molecule has 0 aliphatic carbocycles. The third-order valence-corrected chi connectivity index (χ3v) is 5.59. The average Bonchev–Trinajstić information content (AvgIpc) is 2.84. The third kappa shape index (κ3) is 7.17. The van der Waals surface area contributed by atoms with Gasteiger partial charge in [-0.15, -0.1) is 0 Å². The first-order chi connectivity index (χ1) is 15.3. The Bertz CT molecular complexity index is 789. The lowest BCUT2D eigenvalue weighted by molar-refractivity contribution is 0.133. The second-order valence-corrected chi connectivity index (χ2v) is 7.68. The van der Waals surface area contributed by atoms with Crippen LogP contribution in [0.15, 0.2) is 59.6 Å². The number of rotatable bonds is 10. The van der Waals surface area contributed by atoms with Crippen LogP contribution in [-0.2, 0) is 11.2 Å². The maximum absolute atomic E-state index is 5.78. The number of methoxy groups -OCH3 is 1. The average molecular weight is 425 g/mol. The molecule has 6 nitrogen and oxygen atoms in total. The first-order valence-corrected chi connectivity index (χ1v) is 11.3. The van der Waals surface area contributed by atoms with Crippen molar-refractivity contribution in [1.29, 1.82) is 0 Å². The normalized spacial score (nSPS) is 14.6. The molecule has 0 bridgehead atoms. The molecule has 0 amide bonds. The van der Waals surface area contributed by atoms with Gasteiger partial charge in [-0.1, -0.05) is 42.5 Å². The van der Waals surface area contributed by atoms with Crippen LogP contribution in [0.25, 0.3) is 0 Å². The van der Waals surface area contributed by atoms with Gasteiger partial charge >= 0.3 is 0 Å². The van der Waals surface area contributed by atoms with Crippen LogP contribution >= 0.6 is 0 Å². The molecule has 31 heavy (non-hydrogen) atoms. The zero-order valence-corrected chi connectivity index (χ0v) is 18.9. The van der Waals surface area contributed by atoms with Gasteiger partial charge in [-0.2, -0.15) is 0 Å². The van der Waals surface area contributed by atoms with E-state index < -0.39 is 0 Å². The van der Waals surface area contributed by atoms with E-state index in [9.17, 15) is 0 Å². The van der Waals surface area contributed by atoms with Gasteiger partial charge < -0.3 is 24.6 Å². The van der Waals surface area contributed by atoms with Gasteiger partial charge in [0.1, 0.15) is 5.75 Å². The number of ether oxygens (including phenoxy) is 2. The fraction of sp³-hybridized carbons (Fsp3) is 0.480. The Hall–Kier alpha value is -2.73. The quantitative estimate of drug-likeness (QED) is 0.360. The molecule has 3 rings (SSSR count). The Kier molecular flexibility index (Phi) is 9.51. The van der Waals surface area contributed by atoms with E-state index in [1.807, 2.05) is 25.2 Å². The van der Waals surface area contributed by atoms with Gasteiger partial charge in [-0.05, 0) is 37.0 Å². The summed E-state index contributed by atoms with van der Waals surface area (Å²) in [6.07, 6.45) is 3.11. The predicted octanol–water partition coefficient (Wildman–Crippen LogP) is 3.43. The lowest BCUT2D eigenvalue weighted by atomic mass is 10.2. The summed E-state index contributed by atoms with van der Waals surface area (Å²) < 4.78 is 11.3. The molecule has 1 aliphatic rings. The number of hydrogen-bond acceptors (Lipinski definition) is 4. The molecule has 0 spiro atoms. The molecule has 1 N–H and O–H groups in total. The summed E-state index contributed by atoms with van der Waals surface area (Å²) in [5.41, 5.74) is 2.50. The van der Waals surface area contributed by atoms with Crippen molar-refractivity contribution >= 4 is 11.6 Å². The number of para-hydroxylation sites is 2. The summed E-state index contributed by atoms with van der Waals surface area (Å²) in [6, 6.07) is 18.7. The fourth-order valence-corrected chi connectivity index (χ4v) is 3.85. The summed E-state index contributed by atoms with van der Waals surface area (Å²) in [7, 11) is 3.59. The van der Waals surface area contributed by atoms with Crippen molar-refractivity contribution in [3.8, 4) is 5.75 Å². The van der Waals surface area contributed by atoms with Crippen molar-refractivity contribution in [2.45, 2.75) is 19.3 Å². The number of nitrogens with one attached hydrogen (secondary N) is 1. The molecule has 2 aromatic carbocycles. The highest BCUT2D eigenvalue weighted by Gasteiger charge is 2.21. The minimum Gasteiger partial charge on any atom is -0.495 e. The van der Waals surface area contributed by atoms with E-state index in [0.29, 0.717) is 0 Å². The molecule has 6 heteroatoms. The third-order valence-electron chi connectivity index (χ3n) is 5.59. The lowest BCUT2D eigenvalue weighted by Crippen LogP contribution is -2.52. The van der Waals surface area contributed by atoms with Gasteiger partial charge in [0.05, 0.1) is 19.4 Å². The molecule has 0 aromatic heterocycles. The number of unbranched alkanes of at least 4 members (excludes halogenated alkanes) is 1. The van der Waals surface area contributed by atoms with Crippen molar-refractivity contribution in [3.05, 3.63) is 60.2 Å². The van der Waals surface area contributed by atoms with Crippen LogP contribution in [0, 0.1) is 0 Å². The van der Waals surface area contributed by atoms with Gasteiger partial charge in [0.2, 0.25) is 0 Å². The Morgan fingerprint density at radius 1 is 0.935 bits per heavy atom. The lowest BCUT2D eigenvalue weighted by Gasteiger charge is -2.38. The van der Waals surface area contributed by atoms with E-state index in [0.717, 1.165) is 76.9 Å². The van der Waals surface area contributed by atoms with Crippen molar-refractivity contribution in [2.75, 3.05) is 65.0 Å². The minimum atomic E-state index is 0.787. The second-order valence-electron chi connectivity index (χ2n) is 7.68. The van der Waals surface area contributed by atoms with Gasteiger partial charge in [0, 0.05) is 46.4 Å². The standard InChI is InChI=1S/C25H36N4O2/c1-26-25(27-15-8-9-20-31-21-14-22-10-4-3-5-11-22)29-18-16-28(17-19-29)23-12-6-7-13-24(23)30-2/h3-7,10-13H,8-9,14-21H2,1-2H3,(H,26,27). The van der Waals surface area contributed by atoms with Gasteiger partial charge in [-0.25, -0.2) is 0 Å². The summed E-state index contributed by atoms with van der Waals surface area (Å²) in [6.45, 7) is 6.31. The molecule has 1 aliphatic heterocycles. The highest BCUT2D eigenvalue weighted by Crippen LogP contribution is 2.28. The molecule has 0 saturated carbocycles. The van der Waals surface area contributed by atoms with Gasteiger partial charge in [0.25, 0.3) is 0 Å². The summed E-state index contributed by atoms with van der Waals surface area (Å²) >= 11 is 0. The summed E-state index contributed by atoms with van der Waals surface area (Å²) in [4.78, 5) is 9.20. The zero-order valence-electron chi connectivity index (χ0n) is 18.9. The van der Waals surface area contributed by atoms with E-state index in [1.165, 1.54) is 11.3 Å². The van der Waals surface area contributed by atoms with Crippen LogP contribution in [0.1, 0.15) is 18.4 Å². The molecular formula is C25H36N4O2. The molecule has 1 heterocycles. The second kappa shape index (κ2) is 12.8. The number of piperazine rings is 1. The van der Waals surface area contributed by atoms with Crippen LogP contribution < -0.4 is 15.0 Å². The summed E-state index contributed by atoms with van der Waals surface area (Å²) in [5, 5.41) is 3.51. The van der Waals surface area contributed by atoms with E-state index in [4.69, 9.17) is 9.47 Å². The highest BCUT2D eigenvalue weighted by molar-refractivity contribution is 5.80. The number of hydrogen-bond donors (Lipinski definition) is 1. The van der Waals surface area contributed by atoms with Crippen molar-refractivity contribution < 1.29 is 9.47 Å². The SMILES string of the molecule is CN=C(NCCCCOCCc1ccccc1)N1CCN(c2ccccc2OC)CC1. The van der Waals surface area contributed by atoms with E-state index in [-0.39, 0.29) is 0 Å². The number of anilines is 1. The Labute approximate surface area is 186 Å². The number of benzene rings is 2. The van der Waals surface area contributed by atoms with Gasteiger partial charge in [0.15, 0.2) is 5.96 Å². The monoisotopic (exact) mass is 424 g/mol.